The van der Waals surface area contributed by atoms with Crippen LogP contribution in [0.5, 0.6) is 0 Å². The number of rotatable bonds is 7. The van der Waals surface area contributed by atoms with Gasteiger partial charge in [-0.1, -0.05) is 18.6 Å². The maximum atomic E-state index is 5.08. The summed E-state index contributed by atoms with van der Waals surface area (Å²) in [7, 11) is 1.76. The van der Waals surface area contributed by atoms with Crippen LogP contribution in [0.4, 0.5) is 0 Å². The van der Waals surface area contributed by atoms with E-state index in [9.17, 15) is 0 Å². The first-order chi connectivity index (χ1) is 6.83. The lowest BCUT2D eigenvalue weighted by molar-refractivity contribution is 0.158. The van der Waals surface area contributed by atoms with Gasteiger partial charge in [-0.25, -0.2) is 0 Å². The van der Waals surface area contributed by atoms with Gasteiger partial charge >= 0.3 is 0 Å². The van der Waals surface area contributed by atoms with E-state index in [0.29, 0.717) is 5.92 Å². The van der Waals surface area contributed by atoms with Crippen molar-refractivity contribution in [2.24, 2.45) is 5.92 Å². The van der Waals surface area contributed by atoms with E-state index in [2.05, 4.69) is 18.3 Å². The largest absolute Gasteiger partial charge is 0.384 e. The van der Waals surface area contributed by atoms with Crippen molar-refractivity contribution in [1.82, 2.24) is 5.32 Å². The van der Waals surface area contributed by atoms with E-state index in [0.717, 1.165) is 19.7 Å². The molecule has 82 valence electrons. The van der Waals surface area contributed by atoms with Crippen LogP contribution in [0.1, 0.15) is 32.6 Å². The second kappa shape index (κ2) is 7.02. The number of hydrogen-bond donors (Lipinski definition) is 1. The summed E-state index contributed by atoms with van der Waals surface area (Å²) in [5.41, 5.74) is 1.65. The van der Waals surface area contributed by atoms with Crippen molar-refractivity contribution in [3.05, 3.63) is 11.6 Å². The highest BCUT2D eigenvalue weighted by Crippen LogP contribution is 2.19. The van der Waals surface area contributed by atoms with Crippen molar-refractivity contribution in [1.29, 1.82) is 0 Å². The molecule has 14 heavy (non-hydrogen) atoms. The predicted molar refractivity (Wildman–Crippen MR) is 60.5 cm³/mol. The van der Waals surface area contributed by atoms with Gasteiger partial charge in [0.25, 0.3) is 0 Å². The summed E-state index contributed by atoms with van der Waals surface area (Å²) in [4.78, 5) is 0. The molecule has 0 fully saturated rings. The summed E-state index contributed by atoms with van der Waals surface area (Å²) < 4.78 is 5.08. The van der Waals surface area contributed by atoms with Crippen LogP contribution in [-0.2, 0) is 4.74 Å². The second-order valence-corrected chi connectivity index (χ2v) is 4.27. The van der Waals surface area contributed by atoms with E-state index in [4.69, 9.17) is 4.74 Å². The monoisotopic (exact) mass is 197 g/mol. The molecule has 0 aromatic carbocycles. The molecule has 0 heterocycles. The molecule has 1 atom stereocenters. The summed E-state index contributed by atoms with van der Waals surface area (Å²) in [6.45, 7) is 5.27. The van der Waals surface area contributed by atoms with Crippen LogP contribution in [0, 0.1) is 5.92 Å². The van der Waals surface area contributed by atoms with Crippen molar-refractivity contribution >= 4 is 0 Å². The Morgan fingerprint density at radius 1 is 1.57 bits per heavy atom. The fourth-order valence-electron chi connectivity index (χ4n) is 1.91. The van der Waals surface area contributed by atoms with Gasteiger partial charge in [0.15, 0.2) is 0 Å². The number of ether oxygens (including phenoxy) is 1. The molecular formula is C12H23NO. The predicted octanol–water partition coefficient (Wildman–Crippen LogP) is 2.36. The average Bonchev–Trinajstić information content (AvgIpc) is 2.65. The molecule has 0 saturated carbocycles. The van der Waals surface area contributed by atoms with E-state index in [1.54, 1.807) is 12.7 Å². The Morgan fingerprint density at radius 3 is 3.07 bits per heavy atom. The minimum absolute atomic E-state index is 0.623. The Bertz CT molecular complexity index is 177. The van der Waals surface area contributed by atoms with Gasteiger partial charge in [-0.3, -0.25) is 0 Å². The average molecular weight is 197 g/mol. The van der Waals surface area contributed by atoms with Gasteiger partial charge in [0.05, 0.1) is 0 Å². The van der Waals surface area contributed by atoms with Crippen molar-refractivity contribution in [3.63, 3.8) is 0 Å². The van der Waals surface area contributed by atoms with Gasteiger partial charge in [-0.05, 0) is 44.7 Å². The van der Waals surface area contributed by atoms with E-state index in [1.807, 2.05) is 0 Å². The lowest BCUT2D eigenvalue weighted by Gasteiger charge is -2.11. The quantitative estimate of drug-likeness (QED) is 0.500. The summed E-state index contributed by atoms with van der Waals surface area (Å²) in [5.74, 6) is 0.623. The molecule has 0 aromatic heterocycles. The van der Waals surface area contributed by atoms with Crippen molar-refractivity contribution in [2.45, 2.75) is 32.6 Å². The highest BCUT2D eigenvalue weighted by molar-refractivity contribution is 5.07. The molecule has 1 rings (SSSR count). The zero-order valence-corrected chi connectivity index (χ0v) is 9.51. The van der Waals surface area contributed by atoms with Gasteiger partial charge in [-0.2, -0.15) is 0 Å². The fraction of sp³-hybridized carbons (Fsp3) is 0.833. The number of hydrogen-bond acceptors (Lipinski definition) is 2. The zero-order valence-electron chi connectivity index (χ0n) is 9.51. The Labute approximate surface area is 87.7 Å². The van der Waals surface area contributed by atoms with Crippen LogP contribution in [0.2, 0.25) is 0 Å². The molecule has 2 nitrogen and oxygen atoms in total. The van der Waals surface area contributed by atoms with Crippen LogP contribution in [0.3, 0.4) is 0 Å². The van der Waals surface area contributed by atoms with Crippen molar-refractivity contribution in [3.8, 4) is 0 Å². The molecule has 0 bridgehead atoms. The summed E-state index contributed by atoms with van der Waals surface area (Å²) in [6.07, 6.45) is 7.64. The molecule has 0 spiro atoms. The topological polar surface area (TPSA) is 21.3 Å². The van der Waals surface area contributed by atoms with Gasteiger partial charge in [0.1, 0.15) is 0 Å². The standard InChI is InChI=1S/C12H23NO/c1-11(10-14-2)9-13-8-7-12-5-3-4-6-12/h5,11,13H,3-4,6-10H2,1-2H3. The summed E-state index contributed by atoms with van der Waals surface area (Å²) >= 11 is 0. The molecule has 1 aliphatic carbocycles. The van der Waals surface area contributed by atoms with Gasteiger partial charge in [-0.15, -0.1) is 0 Å². The Kier molecular flexibility index (Phi) is 5.88. The van der Waals surface area contributed by atoms with Crippen LogP contribution in [0.15, 0.2) is 11.6 Å². The highest BCUT2D eigenvalue weighted by Gasteiger charge is 2.04. The molecule has 0 amide bonds. The Morgan fingerprint density at radius 2 is 2.43 bits per heavy atom. The summed E-state index contributed by atoms with van der Waals surface area (Å²) in [6, 6.07) is 0. The van der Waals surface area contributed by atoms with E-state index in [-0.39, 0.29) is 0 Å². The molecule has 0 aromatic rings. The second-order valence-electron chi connectivity index (χ2n) is 4.27. The molecule has 0 radical (unpaired) electrons. The van der Waals surface area contributed by atoms with Gasteiger partial charge in [0, 0.05) is 13.7 Å². The highest BCUT2D eigenvalue weighted by atomic mass is 16.5. The van der Waals surface area contributed by atoms with Crippen molar-refractivity contribution < 1.29 is 4.74 Å². The Balaban J connectivity index is 1.93. The maximum absolute atomic E-state index is 5.08. The first kappa shape index (κ1) is 11.7. The molecule has 1 N–H and O–H groups in total. The van der Waals surface area contributed by atoms with Crippen LogP contribution in [-0.4, -0.2) is 26.8 Å². The zero-order chi connectivity index (χ0) is 10.2. The molecule has 2 heteroatoms. The molecule has 1 unspecified atom stereocenters. The molecular weight excluding hydrogens is 174 g/mol. The lowest BCUT2D eigenvalue weighted by Crippen LogP contribution is -2.24. The number of allylic oxidation sites excluding steroid dienone is 1. The maximum Gasteiger partial charge on any atom is 0.0499 e. The lowest BCUT2D eigenvalue weighted by atomic mass is 10.1. The van der Waals surface area contributed by atoms with Crippen molar-refractivity contribution in [2.75, 3.05) is 26.8 Å². The SMILES string of the molecule is COCC(C)CNCCC1=CCCC1. The third-order valence-corrected chi connectivity index (χ3v) is 2.70. The fourth-order valence-corrected chi connectivity index (χ4v) is 1.91. The van der Waals surface area contributed by atoms with E-state index in [1.165, 1.54) is 25.7 Å². The van der Waals surface area contributed by atoms with E-state index >= 15 is 0 Å². The van der Waals surface area contributed by atoms with Crippen LogP contribution < -0.4 is 5.32 Å². The van der Waals surface area contributed by atoms with Crippen LogP contribution >= 0.6 is 0 Å². The third kappa shape index (κ3) is 4.77. The van der Waals surface area contributed by atoms with E-state index < -0.39 is 0 Å². The first-order valence-corrected chi connectivity index (χ1v) is 5.70. The minimum Gasteiger partial charge on any atom is -0.384 e. The Hall–Kier alpha value is -0.340. The van der Waals surface area contributed by atoms with Gasteiger partial charge < -0.3 is 10.1 Å². The normalized spacial score (nSPS) is 18.3. The van der Waals surface area contributed by atoms with Crippen LogP contribution in [0.25, 0.3) is 0 Å². The first-order valence-electron chi connectivity index (χ1n) is 5.70. The van der Waals surface area contributed by atoms with Gasteiger partial charge in [0.2, 0.25) is 0 Å². The molecule has 0 saturated heterocycles. The molecule has 1 aliphatic rings. The number of methoxy groups -OCH3 is 1. The minimum atomic E-state index is 0.623. The number of nitrogens with one attached hydrogen (secondary N) is 1. The third-order valence-electron chi connectivity index (χ3n) is 2.70. The summed E-state index contributed by atoms with van der Waals surface area (Å²) in [5, 5.41) is 3.48. The molecule has 0 aliphatic heterocycles. The smallest absolute Gasteiger partial charge is 0.0499 e.